The summed E-state index contributed by atoms with van der Waals surface area (Å²) in [6, 6.07) is 6.17. The van der Waals surface area contributed by atoms with Crippen LogP contribution in [0.15, 0.2) is 24.3 Å². The molecule has 0 amide bonds. The number of rotatable bonds is 3. The Morgan fingerprint density at radius 3 is 2.67 bits per heavy atom. The van der Waals surface area contributed by atoms with Crippen LogP contribution in [0.4, 0.5) is 4.39 Å². The van der Waals surface area contributed by atoms with Gasteiger partial charge in [-0.25, -0.2) is 9.37 Å². The molecule has 0 aliphatic heterocycles. The first-order chi connectivity index (χ1) is 7.29. The van der Waals surface area contributed by atoms with E-state index < -0.39 is 0 Å². The third-order valence-electron chi connectivity index (χ3n) is 2.12. The minimum Gasteiger partial charge on any atom is -0.263 e. The van der Waals surface area contributed by atoms with Crippen molar-refractivity contribution in [3.05, 3.63) is 35.9 Å². The molecule has 0 radical (unpaired) electrons. The first-order valence-corrected chi connectivity index (χ1v) is 4.97. The smallest absolute Gasteiger partial charge is 0.181 e. The zero-order chi connectivity index (χ0) is 10.7. The number of H-pyrrole nitrogens is 1. The average Bonchev–Trinajstić information content (AvgIpc) is 2.68. The summed E-state index contributed by atoms with van der Waals surface area (Å²) in [4.78, 5) is 4.31. The maximum Gasteiger partial charge on any atom is 0.181 e. The van der Waals surface area contributed by atoms with Crippen molar-refractivity contribution in [1.82, 2.24) is 15.2 Å². The molecular formula is C11H12FN3. The SMILES string of the molecule is CCCc1nc(-c2ccc(F)cc2)n[nH]1. The number of aromatic amines is 1. The number of hydrogen-bond acceptors (Lipinski definition) is 2. The number of benzene rings is 1. The zero-order valence-corrected chi connectivity index (χ0v) is 8.50. The van der Waals surface area contributed by atoms with Crippen LogP contribution in [0.3, 0.4) is 0 Å². The van der Waals surface area contributed by atoms with Gasteiger partial charge in [0.15, 0.2) is 5.82 Å². The molecule has 1 heterocycles. The molecule has 0 atom stereocenters. The second-order valence-corrected chi connectivity index (χ2v) is 3.36. The minimum atomic E-state index is -0.247. The van der Waals surface area contributed by atoms with E-state index in [0.717, 1.165) is 24.2 Å². The van der Waals surface area contributed by atoms with Crippen LogP contribution in [0.2, 0.25) is 0 Å². The molecule has 1 N–H and O–H groups in total. The predicted octanol–water partition coefficient (Wildman–Crippen LogP) is 2.56. The van der Waals surface area contributed by atoms with E-state index in [2.05, 4.69) is 22.1 Å². The van der Waals surface area contributed by atoms with Crippen molar-refractivity contribution in [1.29, 1.82) is 0 Å². The van der Waals surface area contributed by atoms with Crippen molar-refractivity contribution in [3.63, 3.8) is 0 Å². The molecule has 2 rings (SSSR count). The fourth-order valence-corrected chi connectivity index (χ4v) is 1.37. The fourth-order valence-electron chi connectivity index (χ4n) is 1.37. The molecule has 0 saturated heterocycles. The summed E-state index contributed by atoms with van der Waals surface area (Å²) in [7, 11) is 0. The summed E-state index contributed by atoms with van der Waals surface area (Å²) in [5.41, 5.74) is 0.829. The lowest BCUT2D eigenvalue weighted by molar-refractivity contribution is 0.628. The van der Waals surface area contributed by atoms with Gasteiger partial charge in [-0.3, -0.25) is 5.10 Å². The van der Waals surface area contributed by atoms with Crippen molar-refractivity contribution < 1.29 is 4.39 Å². The fraction of sp³-hybridized carbons (Fsp3) is 0.273. The molecule has 0 unspecified atom stereocenters. The zero-order valence-electron chi connectivity index (χ0n) is 8.50. The Balaban J connectivity index is 2.25. The standard InChI is InChI=1S/C11H12FN3/c1-2-3-10-13-11(15-14-10)8-4-6-9(12)7-5-8/h4-7H,2-3H2,1H3,(H,13,14,15). The molecule has 0 bridgehead atoms. The predicted molar refractivity (Wildman–Crippen MR) is 55.8 cm³/mol. The van der Waals surface area contributed by atoms with Crippen LogP contribution < -0.4 is 0 Å². The normalized spacial score (nSPS) is 10.5. The van der Waals surface area contributed by atoms with Crippen LogP contribution in [0, 0.1) is 5.82 Å². The van der Waals surface area contributed by atoms with E-state index in [-0.39, 0.29) is 5.82 Å². The Kier molecular flexibility index (Phi) is 2.76. The molecular weight excluding hydrogens is 193 g/mol. The Morgan fingerprint density at radius 2 is 2.00 bits per heavy atom. The summed E-state index contributed by atoms with van der Waals surface area (Å²) in [5.74, 6) is 1.25. The highest BCUT2D eigenvalue weighted by Crippen LogP contribution is 2.15. The highest BCUT2D eigenvalue weighted by atomic mass is 19.1. The monoisotopic (exact) mass is 205 g/mol. The van der Waals surface area contributed by atoms with Gasteiger partial charge in [0.25, 0.3) is 0 Å². The second kappa shape index (κ2) is 4.21. The number of nitrogens with one attached hydrogen (secondary N) is 1. The third-order valence-corrected chi connectivity index (χ3v) is 2.12. The molecule has 0 saturated carbocycles. The lowest BCUT2D eigenvalue weighted by Gasteiger charge is -1.93. The van der Waals surface area contributed by atoms with E-state index in [9.17, 15) is 4.39 Å². The number of hydrogen-bond donors (Lipinski definition) is 1. The minimum absolute atomic E-state index is 0.247. The lowest BCUT2D eigenvalue weighted by atomic mass is 10.2. The third kappa shape index (κ3) is 2.21. The van der Waals surface area contributed by atoms with Gasteiger partial charge in [0.05, 0.1) is 0 Å². The van der Waals surface area contributed by atoms with E-state index in [1.165, 1.54) is 12.1 Å². The molecule has 1 aromatic heterocycles. The summed E-state index contributed by atoms with van der Waals surface area (Å²) < 4.78 is 12.7. The Morgan fingerprint density at radius 1 is 1.27 bits per heavy atom. The topological polar surface area (TPSA) is 41.6 Å². The van der Waals surface area contributed by atoms with Gasteiger partial charge in [-0.05, 0) is 30.7 Å². The summed E-state index contributed by atoms with van der Waals surface area (Å²) in [6.07, 6.45) is 1.91. The highest BCUT2D eigenvalue weighted by Gasteiger charge is 2.04. The molecule has 3 nitrogen and oxygen atoms in total. The lowest BCUT2D eigenvalue weighted by Crippen LogP contribution is -1.85. The van der Waals surface area contributed by atoms with E-state index in [1.807, 2.05) is 0 Å². The van der Waals surface area contributed by atoms with Gasteiger partial charge in [-0.2, -0.15) is 5.10 Å². The number of aryl methyl sites for hydroxylation is 1. The average molecular weight is 205 g/mol. The maximum absolute atomic E-state index is 12.7. The number of halogens is 1. The summed E-state index contributed by atoms with van der Waals surface area (Å²) >= 11 is 0. The number of nitrogens with zero attached hydrogens (tertiary/aromatic N) is 2. The van der Waals surface area contributed by atoms with Gasteiger partial charge in [0.2, 0.25) is 0 Å². The quantitative estimate of drug-likeness (QED) is 0.836. The maximum atomic E-state index is 12.7. The van der Waals surface area contributed by atoms with E-state index in [4.69, 9.17) is 0 Å². The second-order valence-electron chi connectivity index (χ2n) is 3.36. The van der Waals surface area contributed by atoms with Crippen molar-refractivity contribution >= 4 is 0 Å². The van der Waals surface area contributed by atoms with Crippen LogP contribution in [0.25, 0.3) is 11.4 Å². The molecule has 78 valence electrons. The van der Waals surface area contributed by atoms with Crippen LogP contribution in [-0.4, -0.2) is 15.2 Å². The van der Waals surface area contributed by atoms with Crippen molar-refractivity contribution in [2.45, 2.75) is 19.8 Å². The van der Waals surface area contributed by atoms with Crippen LogP contribution in [0.1, 0.15) is 19.2 Å². The molecule has 0 spiro atoms. The molecule has 4 heteroatoms. The largest absolute Gasteiger partial charge is 0.263 e. The van der Waals surface area contributed by atoms with Crippen LogP contribution in [-0.2, 0) is 6.42 Å². The van der Waals surface area contributed by atoms with E-state index >= 15 is 0 Å². The highest BCUT2D eigenvalue weighted by molar-refractivity contribution is 5.53. The number of aromatic nitrogens is 3. The van der Waals surface area contributed by atoms with Gasteiger partial charge in [0, 0.05) is 12.0 Å². The molecule has 1 aromatic carbocycles. The first kappa shape index (κ1) is 9.83. The summed E-state index contributed by atoms with van der Waals surface area (Å²) in [5, 5.41) is 6.94. The van der Waals surface area contributed by atoms with Crippen LogP contribution in [0.5, 0.6) is 0 Å². The Labute approximate surface area is 87.4 Å². The van der Waals surface area contributed by atoms with E-state index in [1.54, 1.807) is 12.1 Å². The van der Waals surface area contributed by atoms with Crippen molar-refractivity contribution in [2.75, 3.05) is 0 Å². The Bertz CT molecular complexity index is 433. The van der Waals surface area contributed by atoms with Crippen LogP contribution >= 0.6 is 0 Å². The van der Waals surface area contributed by atoms with Gasteiger partial charge >= 0.3 is 0 Å². The van der Waals surface area contributed by atoms with Gasteiger partial charge < -0.3 is 0 Å². The van der Waals surface area contributed by atoms with Gasteiger partial charge in [0.1, 0.15) is 11.6 Å². The Hall–Kier alpha value is -1.71. The van der Waals surface area contributed by atoms with Crippen molar-refractivity contribution in [2.24, 2.45) is 0 Å². The first-order valence-electron chi connectivity index (χ1n) is 4.97. The summed E-state index contributed by atoms with van der Waals surface area (Å²) in [6.45, 7) is 2.08. The van der Waals surface area contributed by atoms with Gasteiger partial charge in [-0.1, -0.05) is 6.92 Å². The van der Waals surface area contributed by atoms with E-state index in [0.29, 0.717) is 5.82 Å². The molecule has 0 aliphatic carbocycles. The molecule has 2 aromatic rings. The van der Waals surface area contributed by atoms with Crippen molar-refractivity contribution in [3.8, 4) is 11.4 Å². The molecule has 15 heavy (non-hydrogen) atoms. The van der Waals surface area contributed by atoms with Gasteiger partial charge in [-0.15, -0.1) is 0 Å². The molecule has 0 fully saturated rings. The molecule has 0 aliphatic rings.